The number of pyridine rings is 1. The van der Waals surface area contributed by atoms with Crippen molar-refractivity contribution in [2.45, 2.75) is 57.8 Å². The first-order valence-electron chi connectivity index (χ1n) is 10.3. The van der Waals surface area contributed by atoms with Gasteiger partial charge in [-0.15, -0.1) is 0 Å². The molecule has 7 nitrogen and oxygen atoms in total. The standard InChI is InChI=1S/C22H28N6O/c1-2-28-21-18(14-26-28)20(27-17-10-8-16(23)9-11-17)19(13-24-21)22(29)25-12-15-6-4-3-5-7-15/h3-7,13-14,16-17H,2,8-12,23H2,1H3,(H,24,27)(H,25,29). The molecule has 0 unspecified atom stereocenters. The van der Waals surface area contributed by atoms with Gasteiger partial charge in [0.05, 0.1) is 22.8 Å². The maximum Gasteiger partial charge on any atom is 0.255 e. The number of nitrogens with one attached hydrogen (secondary N) is 2. The van der Waals surface area contributed by atoms with Gasteiger partial charge >= 0.3 is 0 Å². The van der Waals surface area contributed by atoms with Crippen LogP contribution in [-0.4, -0.2) is 32.8 Å². The minimum Gasteiger partial charge on any atom is -0.381 e. The van der Waals surface area contributed by atoms with Crippen molar-refractivity contribution >= 4 is 22.6 Å². The van der Waals surface area contributed by atoms with E-state index in [2.05, 4.69) is 20.7 Å². The summed E-state index contributed by atoms with van der Waals surface area (Å²) in [6.45, 7) is 3.24. The van der Waals surface area contributed by atoms with Crippen LogP contribution in [-0.2, 0) is 13.1 Å². The number of carbonyl (C=O) groups is 1. The lowest BCUT2D eigenvalue weighted by Crippen LogP contribution is -2.33. The van der Waals surface area contributed by atoms with Gasteiger partial charge in [-0.1, -0.05) is 30.3 Å². The highest BCUT2D eigenvalue weighted by Crippen LogP contribution is 2.29. The topological polar surface area (TPSA) is 97.9 Å². The van der Waals surface area contributed by atoms with E-state index in [-0.39, 0.29) is 11.9 Å². The van der Waals surface area contributed by atoms with E-state index in [1.165, 1.54) is 0 Å². The second kappa shape index (κ2) is 8.61. The SMILES string of the molecule is CCn1ncc2c(NC3CCC(N)CC3)c(C(=O)NCc3ccccc3)cnc21. The number of nitrogens with zero attached hydrogens (tertiary/aromatic N) is 3. The number of fused-ring (bicyclic) bond motifs is 1. The van der Waals surface area contributed by atoms with E-state index in [1.54, 1.807) is 12.4 Å². The van der Waals surface area contributed by atoms with Gasteiger partial charge in [0.1, 0.15) is 0 Å². The van der Waals surface area contributed by atoms with Crippen LogP contribution in [0.4, 0.5) is 5.69 Å². The Morgan fingerprint density at radius 1 is 1.17 bits per heavy atom. The highest BCUT2D eigenvalue weighted by atomic mass is 16.1. The molecule has 1 fully saturated rings. The minimum absolute atomic E-state index is 0.137. The smallest absolute Gasteiger partial charge is 0.255 e. The molecule has 1 aromatic carbocycles. The van der Waals surface area contributed by atoms with Crippen molar-refractivity contribution in [3.63, 3.8) is 0 Å². The van der Waals surface area contributed by atoms with Crippen LogP contribution in [0, 0.1) is 0 Å². The maximum atomic E-state index is 13.0. The minimum atomic E-state index is -0.137. The highest BCUT2D eigenvalue weighted by molar-refractivity contribution is 6.06. The Bertz CT molecular complexity index is 976. The second-order valence-electron chi connectivity index (χ2n) is 7.67. The summed E-state index contributed by atoms with van der Waals surface area (Å²) in [7, 11) is 0. The normalized spacial score (nSPS) is 19.2. The van der Waals surface area contributed by atoms with Crippen LogP contribution in [0.15, 0.2) is 42.7 Å². The van der Waals surface area contributed by atoms with Crippen LogP contribution in [0.25, 0.3) is 11.0 Å². The van der Waals surface area contributed by atoms with Crippen LogP contribution < -0.4 is 16.4 Å². The molecule has 7 heteroatoms. The third kappa shape index (κ3) is 4.24. The van der Waals surface area contributed by atoms with E-state index in [9.17, 15) is 4.79 Å². The fourth-order valence-electron chi connectivity index (χ4n) is 3.93. The first-order valence-corrected chi connectivity index (χ1v) is 10.3. The van der Waals surface area contributed by atoms with Crippen LogP contribution in [0.5, 0.6) is 0 Å². The first kappa shape index (κ1) is 19.4. The van der Waals surface area contributed by atoms with Crippen molar-refractivity contribution < 1.29 is 4.79 Å². The van der Waals surface area contributed by atoms with Crippen molar-refractivity contribution in [2.24, 2.45) is 5.73 Å². The lowest BCUT2D eigenvalue weighted by atomic mass is 9.91. The van der Waals surface area contributed by atoms with Gasteiger partial charge in [-0.25, -0.2) is 9.67 Å². The largest absolute Gasteiger partial charge is 0.381 e. The van der Waals surface area contributed by atoms with Gasteiger partial charge in [0.2, 0.25) is 0 Å². The van der Waals surface area contributed by atoms with Crippen LogP contribution in [0.1, 0.15) is 48.5 Å². The second-order valence-corrected chi connectivity index (χ2v) is 7.67. The van der Waals surface area contributed by atoms with Gasteiger partial charge in [-0.2, -0.15) is 5.10 Å². The number of rotatable bonds is 6. The lowest BCUT2D eigenvalue weighted by molar-refractivity contribution is 0.0951. The van der Waals surface area contributed by atoms with E-state index >= 15 is 0 Å². The number of anilines is 1. The van der Waals surface area contributed by atoms with Crippen LogP contribution >= 0.6 is 0 Å². The average molecular weight is 393 g/mol. The van der Waals surface area contributed by atoms with Crippen molar-refractivity contribution in [1.29, 1.82) is 0 Å². The van der Waals surface area contributed by atoms with Gasteiger partial charge in [0.25, 0.3) is 5.91 Å². The molecule has 4 N–H and O–H groups in total. The quantitative estimate of drug-likeness (QED) is 0.599. The molecule has 3 aromatic rings. The third-order valence-electron chi connectivity index (χ3n) is 5.63. The predicted molar refractivity (Wildman–Crippen MR) is 115 cm³/mol. The number of aromatic nitrogens is 3. The molecule has 0 spiro atoms. The summed E-state index contributed by atoms with van der Waals surface area (Å²) < 4.78 is 1.85. The van der Waals surface area contributed by atoms with E-state index in [0.717, 1.165) is 54.5 Å². The molecule has 0 aliphatic heterocycles. The van der Waals surface area contributed by atoms with E-state index in [0.29, 0.717) is 18.2 Å². The van der Waals surface area contributed by atoms with Crippen molar-refractivity contribution in [3.8, 4) is 0 Å². The zero-order chi connectivity index (χ0) is 20.2. The zero-order valence-electron chi connectivity index (χ0n) is 16.8. The molecule has 4 rings (SSSR count). The Balaban J connectivity index is 1.62. The number of carbonyl (C=O) groups excluding carboxylic acids is 1. The molecule has 1 amide bonds. The Morgan fingerprint density at radius 2 is 1.93 bits per heavy atom. The molecule has 1 saturated carbocycles. The maximum absolute atomic E-state index is 13.0. The molecule has 0 saturated heterocycles. The van der Waals surface area contributed by atoms with Gasteiger partial charge in [-0.3, -0.25) is 4.79 Å². The van der Waals surface area contributed by atoms with Gasteiger partial charge < -0.3 is 16.4 Å². The molecular weight excluding hydrogens is 364 g/mol. The Labute approximate surface area is 170 Å². The highest BCUT2D eigenvalue weighted by Gasteiger charge is 2.23. The fourth-order valence-corrected chi connectivity index (χ4v) is 3.93. The molecule has 0 atom stereocenters. The van der Waals surface area contributed by atoms with Gasteiger partial charge in [0, 0.05) is 31.4 Å². The summed E-state index contributed by atoms with van der Waals surface area (Å²) in [6, 6.07) is 10.5. The Kier molecular flexibility index (Phi) is 5.76. The third-order valence-corrected chi connectivity index (χ3v) is 5.63. The summed E-state index contributed by atoms with van der Waals surface area (Å²) in [5, 5.41) is 12.0. The molecule has 0 bridgehead atoms. The predicted octanol–water partition coefficient (Wildman–Crippen LogP) is 3.06. The molecule has 29 heavy (non-hydrogen) atoms. The summed E-state index contributed by atoms with van der Waals surface area (Å²) in [5.41, 5.74) is 9.29. The van der Waals surface area contributed by atoms with Crippen molar-refractivity contribution in [3.05, 3.63) is 53.9 Å². The summed E-state index contributed by atoms with van der Waals surface area (Å²) in [5.74, 6) is -0.137. The number of nitrogens with two attached hydrogens (primary N) is 1. The Morgan fingerprint density at radius 3 is 2.66 bits per heavy atom. The zero-order valence-corrected chi connectivity index (χ0v) is 16.8. The number of aryl methyl sites for hydroxylation is 1. The van der Waals surface area contributed by atoms with Crippen LogP contribution in [0.2, 0.25) is 0 Å². The number of hydrogen-bond donors (Lipinski definition) is 3. The number of amides is 1. The lowest BCUT2D eigenvalue weighted by Gasteiger charge is -2.28. The molecule has 1 aliphatic rings. The number of benzene rings is 1. The average Bonchev–Trinajstić information content (AvgIpc) is 3.18. The van der Waals surface area contributed by atoms with Crippen molar-refractivity contribution in [2.75, 3.05) is 5.32 Å². The number of hydrogen-bond acceptors (Lipinski definition) is 5. The fraction of sp³-hybridized carbons (Fsp3) is 0.409. The summed E-state index contributed by atoms with van der Waals surface area (Å²) >= 11 is 0. The molecule has 0 radical (unpaired) electrons. The van der Waals surface area contributed by atoms with E-state index in [4.69, 9.17) is 5.73 Å². The monoisotopic (exact) mass is 392 g/mol. The van der Waals surface area contributed by atoms with E-state index < -0.39 is 0 Å². The van der Waals surface area contributed by atoms with Crippen molar-refractivity contribution in [1.82, 2.24) is 20.1 Å². The molecule has 152 valence electrons. The van der Waals surface area contributed by atoms with Gasteiger partial charge in [-0.05, 0) is 38.2 Å². The molecule has 2 heterocycles. The molecule has 2 aromatic heterocycles. The summed E-state index contributed by atoms with van der Waals surface area (Å²) in [4.78, 5) is 17.5. The first-order chi connectivity index (χ1) is 14.2. The van der Waals surface area contributed by atoms with Crippen LogP contribution in [0.3, 0.4) is 0 Å². The summed E-state index contributed by atoms with van der Waals surface area (Å²) in [6.07, 6.45) is 7.45. The van der Waals surface area contributed by atoms with E-state index in [1.807, 2.05) is 41.9 Å². The Hall–Kier alpha value is -2.93. The molecule has 1 aliphatic carbocycles. The molecular formula is C22H28N6O. The van der Waals surface area contributed by atoms with Gasteiger partial charge in [0.15, 0.2) is 5.65 Å².